The summed E-state index contributed by atoms with van der Waals surface area (Å²) in [5.74, 6) is 0.197. The van der Waals surface area contributed by atoms with Crippen molar-refractivity contribution in [3.8, 4) is 0 Å². The minimum absolute atomic E-state index is 0.197. The molecule has 0 rings (SSSR count). The summed E-state index contributed by atoms with van der Waals surface area (Å²) in [5.41, 5.74) is 2.47. The predicted molar refractivity (Wildman–Crippen MR) is 66.9 cm³/mol. The Labute approximate surface area is 93.6 Å². The largest absolute Gasteiger partial charge is 0.295 e. The highest BCUT2D eigenvalue weighted by atomic mass is 16.1. The molecule has 0 aromatic rings. The number of ketones is 1. The van der Waals surface area contributed by atoms with Gasteiger partial charge >= 0.3 is 0 Å². The van der Waals surface area contributed by atoms with Gasteiger partial charge in [0.2, 0.25) is 0 Å². The minimum Gasteiger partial charge on any atom is -0.295 e. The zero-order valence-electron chi connectivity index (χ0n) is 10.3. The van der Waals surface area contributed by atoms with Gasteiger partial charge in [0.1, 0.15) is 0 Å². The van der Waals surface area contributed by atoms with Gasteiger partial charge in [0.25, 0.3) is 0 Å². The number of rotatable bonds is 6. The van der Waals surface area contributed by atoms with Gasteiger partial charge in [-0.3, -0.25) is 4.79 Å². The van der Waals surface area contributed by atoms with E-state index in [1.165, 1.54) is 5.57 Å². The van der Waals surface area contributed by atoms with Crippen molar-refractivity contribution in [3.05, 3.63) is 35.5 Å². The highest BCUT2D eigenvalue weighted by Gasteiger charge is 1.96. The van der Waals surface area contributed by atoms with Crippen molar-refractivity contribution in [2.75, 3.05) is 0 Å². The highest BCUT2D eigenvalue weighted by molar-refractivity contribution is 5.91. The third-order valence-electron chi connectivity index (χ3n) is 1.98. The van der Waals surface area contributed by atoms with Gasteiger partial charge in [0.05, 0.1) is 0 Å². The number of hydrogen-bond acceptors (Lipinski definition) is 1. The van der Waals surface area contributed by atoms with Crippen LogP contribution in [0.25, 0.3) is 0 Å². The molecule has 0 aliphatic carbocycles. The fourth-order valence-corrected chi connectivity index (χ4v) is 1.15. The molecule has 0 radical (unpaired) electrons. The van der Waals surface area contributed by atoms with E-state index in [1.54, 1.807) is 6.08 Å². The van der Waals surface area contributed by atoms with E-state index in [1.807, 2.05) is 19.9 Å². The van der Waals surface area contributed by atoms with E-state index in [9.17, 15) is 4.79 Å². The van der Waals surface area contributed by atoms with E-state index >= 15 is 0 Å². The molecular formula is C14H22O. The van der Waals surface area contributed by atoms with E-state index in [0.717, 1.165) is 18.4 Å². The Balaban J connectivity index is 4.01. The van der Waals surface area contributed by atoms with Gasteiger partial charge in [-0.2, -0.15) is 0 Å². The molecule has 0 bridgehead atoms. The number of carbonyl (C=O) groups is 1. The molecule has 0 aromatic carbocycles. The maximum atomic E-state index is 11.4. The second-order valence-corrected chi connectivity index (χ2v) is 4.02. The molecule has 15 heavy (non-hydrogen) atoms. The molecule has 84 valence electrons. The lowest BCUT2D eigenvalue weighted by molar-refractivity contribution is -0.114. The molecule has 0 aliphatic heterocycles. The quantitative estimate of drug-likeness (QED) is 0.470. The molecule has 0 aromatic heterocycles. The molecule has 0 saturated heterocycles. The zero-order valence-corrected chi connectivity index (χ0v) is 10.3. The van der Waals surface area contributed by atoms with Crippen molar-refractivity contribution in [2.45, 2.75) is 47.0 Å². The number of carbonyl (C=O) groups excluding carboxylic acids is 1. The highest BCUT2D eigenvalue weighted by Crippen LogP contribution is 2.05. The van der Waals surface area contributed by atoms with E-state index in [0.29, 0.717) is 6.42 Å². The SMILES string of the molecule is CC/C=C/C(=O)C/C(C)=C/CC=C(C)C. The molecule has 0 fully saturated rings. The summed E-state index contributed by atoms with van der Waals surface area (Å²) < 4.78 is 0. The molecule has 1 nitrogen and oxygen atoms in total. The van der Waals surface area contributed by atoms with Crippen LogP contribution >= 0.6 is 0 Å². The number of hydrogen-bond donors (Lipinski definition) is 0. The van der Waals surface area contributed by atoms with Gasteiger partial charge in [0.15, 0.2) is 5.78 Å². The third kappa shape index (κ3) is 9.20. The molecule has 0 saturated carbocycles. The normalized spacial score (nSPS) is 11.9. The average Bonchev–Trinajstić information content (AvgIpc) is 2.14. The standard InChI is InChI=1S/C14H22O/c1-5-6-10-14(15)11-13(4)9-7-8-12(2)3/h6,8-10H,5,7,11H2,1-4H3/b10-6+,13-9+. The predicted octanol–water partition coefficient (Wildman–Crippen LogP) is 4.21. The van der Waals surface area contributed by atoms with E-state index in [4.69, 9.17) is 0 Å². The first-order valence-electron chi connectivity index (χ1n) is 5.54. The molecule has 0 heterocycles. The Bertz CT molecular complexity index is 276. The summed E-state index contributed by atoms with van der Waals surface area (Å²) >= 11 is 0. The van der Waals surface area contributed by atoms with E-state index in [2.05, 4.69) is 26.0 Å². The number of allylic oxidation sites excluding steroid dienone is 6. The van der Waals surface area contributed by atoms with Crippen LogP contribution in [-0.2, 0) is 4.79 Å². The first kappa shape index (κ1) is 13.9. The van der Waals surface area contributed by atoms with Crippen molar-refractivity contribution in [3.63, 3.8) is 0 Å². The molecule has 0 N–H and O–H groups in total. The lowest BCUT2D eigenvalue weighted by atomic mass is 10.1. The second-order valence-electron chi connectivity index (χ2n) is 4.02. The minimum atomic E-state index is 0.197. The Morgan fingerprint density at radius 1 is 1.13 bits per heavy atom. The summed E-state index contributed by atoms with van der Waals surface area (Å²) in [5, 5.41) is 0. The molecule has 0 unspecified atom stereocenters. The van der Waals surface area contributed by atoms with Crippen LogP contribution in [0.1, 0.15) is 47.0 Å². The van der Waals surface area contributed by atoms with Gasteiger partial charge in [-0.25, -0.2) is 0 Å². The topological polar surface area (TPSA) is 17.1 Å². The molecule has 0 atom stereocenters. The van der Waals surface area contributed by atoms with Crippen molar-refractivity contribution in [1.29, 1.82) is 0 Å². The summed E-state index contributed by atoms with van der Waals surface area (Å²) in [6.45, 7) is 8.20. The van der Waals surface area contributed by atoms with Crippen LogP contribution in [0.5, 0.6) is 0 Å². The fourth-order valence-electron chi connectivity index (χ4n) is 1.15. The van der Waals surface area contributed by atoms with Crippen LogP contribution in [-0.4, -0.2) is 5.78 Å². The second kappa shape index (κ2) is 8.22. The fraction of sp³-hybridized carbons (Fsp3) is 0.500. The Morgan fingerprint density at radius 3 is 2.33 bits per heavy atom. The van der Waals surface area contributed by atoms with Crippen LogP contribution in [0, 0.1) is 0 Å². The zero-order chi connectivity index (χ0) is 11.7. The summed E-state index contributed by atoms with van der Waals surface area (Å²) in [6, 6.07) is 0. The molecule has 1 heteroatoms. The van der Waals surface area contributed by atoms with Crippen molar-refractivity contribution in [2.24, 2.45) is 0 Å². The first-order chi connectivity index (χ1) is 7.06. The molecule has 0 spiro atoms. The van der Waals surface area contributed by atoms with Crippen LogP contribution in [0.4, 0.5) is 0 Å². The van der Waals surface area contributed by atoms with Crippen molar-refractivity contribution in [1.82, 2.24) is 0 Å². The lowest BCUT2D eigenvalue weighted by Gasteiger charge is -1.96. The Hall–Kier alpha value is -1.11. The van der Waals surface area contributed by atoms with E-state index < -0.39 is 0 Å². The van der Waals surface area contributed by atoms with Crippen LogP contribution < -0.4 is 0 Å². The van der Waals surface area contributed by atoms with Crippen LogP contribution in [0.15, 0.2) is 35.5 Å². The Morgan fingerprint density at radius 2 is 1.80 bits per heavy atom. The summed E-state index contributed by atoms with van der Waals surface area (Å²) in [6.07, 6.45) is 10.3. The van der Waals surface area contributed by atoms with Crippen LogP contribution in [0.3, 0.4) is 0 Å². The third-order valence-corrected chi connectivity index (χ3v) is 1.98. The first-order valence-corrected chi connectivity index (χ1v) is 5.54. The summed E-state index contributed by atoms with van der Waals surface area (Å²) in [4.78, 5) is 11.4. The average molecular weight is 206 g/mol. The maximum absolute atomic E-state index is 11.4. The monoisotopic (exact) mass is 206 g/mol. The molecular weight excluding hydrogens is 184 g/mol. The van der Waals surface area contributed by atoms with Crippen molar-refractivity contribution < 1.29 is 4.79 Å². The smallest absolute Gasteiger partial charge is 0.159 e. The van der Waals surface area contributed by atoms with Crippen molar-refractivity contribution >= 4 is 5.78 Å². The molecule has 0 aliphatic rings. The Kier molecular flexibility index (Phi) is 7.61. The van der Waals surface area contributed by atoms with Gasteiger partial charge in [-0.05, 0) is 39.7 Å². The molecule has 0 amide bonds. The van der Waals surface area contributed by atoms with Gasteiger partial charge in [0, 0.05) is 6.42 Å². The summed E-state index contributed by atoms with van der Waals surface area (Å²) in [7, 11) is 0. The van der Waals surface area contributed by atoms with Gasteiger partial charge in [-0.15, -0.1) is 0 Å². The van der Waals surface area contributed by atoms with Gasteiger partial charge < -0.3 is 0 Å². The lowest BCUT2D eigenvalue weighted by Crippen LogP contribution is -1.93. The van der Waals surface area contributed by atoms with Crippen LogP contribution in [0.2, 0.25) is 0 Å². The van der Waals surface area contributed by atoms with E-state index in [-0.39, 0.29) is 5.78 Å². The maximum Gasteiger partial charge on any atom is 0.159 e. The van der Waals surface area contributed by atoms with Gasteiger partial charge in [-0.1, -0.05) is 36.3 Å².